The van der Waals surface area contributed by atoms with Crippen molar-refractivity contribution in [2.24, 2.45) is 0 Å². The van der Waals surface area contributed by atoms with Crippen molar-refractivity contribution in [3.05, 3.63) is 49.6 Å². The van der Waals surface area contributed by atoms with E-state index in [9.17, 15) is 14.4 Å². The first-order valence-electron chi connectivity index (χ1n) is 9.65. The second-order valence-electron chi connectivity index (χ2n) is 6.02. The van der Waals surface area contributed by atoms with Gasteiger partial charge >= 0.3 is 17.9 Å². The van der Waals surface area contributed by atoms with Gasteiger partial charge in [0.1, 0.15) is 11.5 Å². The Balaban J connectivity index is 2.10. The van der Waals surface area contributed by atoms with Crippen LogP contribution < -0.4 is 9.47 Å². The molecule has 0 radical (unpaired) electrons. The molecule has 164 valence electrons. The molecule has 0 aliphatic carbocycles. The highest BCUT2D eigenvalue weighted by atomic mass is 16.7. The van der Waals surface area contributed by atoms with Crippen LogP contribution in [0.25, 0.3) is 0 Å². The van der Waals surface area contributed by atoms with E-state index in [-0.39, 0.29) is 25.8 Å². The van der Waals surface area contributed by atoms with Gasteiger partial charge in [0.05, 0.1) is 19.8 Å². The zero-order valence-corrected chi connectivity index (χ0v) is 17.0. The molecule has 30 heavy (non-hydrogen) atoms. The summed E-state index contributed by atoms with van der Waals surface area (Å²) < 4.78 is 25.7. The molecule has 1 rings (SSSR count). The molecule has 1 aromatic carbocycles. The second kappa shape index (κ2) is 15.8. The highest BCUT2D eigenvalue weighted by molar-refractivity contribution is 5.81. The third-order valence-electron chi connectivity index (χ3n) is 3.64. The lowest BCUT2D eigenvalue weighted by Gasteiger charge is -2.09. The summed E-state index contributed by atoms with van der Waals surface area (Å²) >= 11 is 0. The summed E-state index contributed by atoms with van der Waals surface area (Å²) in [4.78, 5) is 33.5. The zero-order valence-electron chi connectivity index (χ0n) is 17.0. The van der Waals surface area contributed by atoms with Crippen LogP contribution in [0.15, 0.2) is 49.6 Å². The molecule has 0 N–H and O–H groups in total. The molecule has 1 aromatic rings. The number of hydrogen-bond acceptors (Lipinski definition) is 8. The number of hydrogen-bond donors (Lipinski definition) is 0. The van der Waals surface area contributed by atoms with Crippen molar-refractivity contribution in [3.8, 4) is 11.5 Å². The van der Waals surface area contributed by atoms with Crippen molar-refractivity contribution in [2.75, 3.05) is 26.6 Å². The largest absolute Gasteiger partial charge is 0.468 e. The van der Waals surface area contributed by atoms with E-state index in [0.29, 0.717) is 44.0 Å². The summed E-state index contributed by atoms with van der Waals surface area (Å²) in [5, 5.41) is 0. The van der Waals surface area contributed by atoms with Gasteiger partial charge in [-0.2, -0.15) is 0 Å². The van der Waals surface area contributed by atoms with E-state index in [4.69, 9.17) is 23.7 Å². The number of unbranched alkanes of at least 4 members (excludes halogenated alkanes) is 2. The lowest BCUT2D eigenvalue weighted by Crippen LogP contribution is -2.09. The fourth-order valence-corrected chi connectivity index (χ4v) is 2.10. The maximum atomic E-state index is 11.8. The van der Waals surface area contributed by atoms with E-state index in [0.717, 1.165) is 18.6 Å². The van der Waals surface area contributed by atoms with Gasteiger partial charge in [0.2, 0.25) is 0 Å². The number of benzene rings is 1. The molecule has 0 fully saturated rings. The fourth-order valence-electron chi connectivity index (χ4n) is 2.10. The second-order valence-corrected chi connectivity index (χ2v) is 6.02. The van der Waals surface area contributed by atoms with Crippen molar-refractivity contribution in [1.29, 1.82) is 0 Å². The Labute approximate surface area is 176 Å². The lowest BCUT2D eigenvalue weighted by molar-refractivity contribution is -0.139. The highest BCUT2D eigenvalue weighted by Crippen LogP contribution is 2.18. The third-order valence-corrected chi connectivity index (χ3v) is 3.64. The average molecular weight is 420 g/mol. The molecule has 0 unspecified atom stereocenters. The lowest BCUT2D eigenvalue weighted by atomic mass is 10.2. The molecule has 0 aromatic heterocycles. The Morgan fingerprint density at radius 2 is 1.30 bits per heavy atom. The van der Waals surface area contributed by atoms with Crippen LogP contribution in [0.3, 0.4) is 0 Å². The first kappa shape index (κ1) is 24.9. The van der Waals surface area contributed by atoms with Crippen LogP contribution in [0.2, 0.25) is 0 Å². The van der Waals surface area contributed by atoms with Gasteiger partial charge in [0.25, 0.3) is 0 Å². The Bertz CT molecular complexity index is 681. The maximum Gasteiger partial charge on any atom is 0.330 e. The highest BCUT2D eigenvalue weighted by Gasteiger charge is 2.06. The van der Waals surface area contributed by atoms with Gasteiger partial charge in [-0.15, -0.1) is 0 Å². The molecule has 0 saturated heterocycles. The van der Waals surface area contributed by atoms with Crippen molar-refractivity contribution in [2.45, 2.75) is 32.1 Å². The molecule has 0 atom stereocenters. The van der Waals surface area contributed by atoms with Gasteiger partial charge in [-0.3, -0.25) is 4.79 Å². The van der Waals surface area contributed by atoms with Crippen LogP contribution in [0.1, 0.15) is 32.1 Å². The molecule has 0 aliphatic rings. The molecule has 0 aliphatic heterocycles. The number of esters is 3. The van der Waals surface area contributed by atoms with E-state index in [2.05, 4.69) is 13.2 Å². The standard InChI is InChI=1S/C22H28O8/c1-3-20(23)27-15-6-5-9-22(25)30-19-12-10-18(11-13-19)29-17-26-14-7-8-16-28-21(24)4-2/h3-4,10-13H,1-2,5-9,14-17H2. The molecule has 0 bridgehead atoms. The molecule has 0 saturated carbocycles. The maximum absolute atomic E-state index is 11.8. The number of carbonyl (C=O) groups excluding carboxylic acids is 3. The van der Waals surface area contributed by atoms with Crippen molar-refractivity contribution >= 4 is 17.9 Å². The summed E-state index contributed by atoms with van der Waals surface area (Å²) in [5.74, 6) is -0.267. The van der Waals surface area contributed by atoms with E-state index in [1.807, 2.05) is 0 Å². The van der Waals surface area contributed by atoms with Crippen LogP contribution in [-0.4, -0.2) is 44.5 Å². The summed E-state index contributed by atoms with van der Waals surface area (Å²) in [6.07, 6.45) is 5.01. The minimum Gasteiger partial charge on any atom is -0.468 e. The van der Waals surface area contributed by atoms with E-state index >= 15 is 0 Å². The van der Waals surface area contributed by atoms with Gasteiger partial charge in [-0.1, -0.05) is 13.2 Å². The predicted octanol–water partition coefficient (Wildman–Crippen LogP) is 3.35. The third kappa shape index (κ3) is 12.4. The van der Waals surface area contributed by atoms with Gasteiger partial charge in [-0.25, -0.2) is 9.59 Å². The minimum absolute atomic E-state index is 0.0853. The Kier molecular flexibility index (Phi) is 13.1. The average Bonchev–Trinajstić information content (AvgIpc) is 2.75. The van der Waals surface area contributed by atoms with E-state index in [1.54, 1.807) is 24.3 Å². The molecular weight excluding hydrogens is 392 g/mol. The summed E-state index contributed by atoms with van der Waals surface area (Å²) in [7, 11) is 0. The van der Waals surface area contributed by atoms with Crippen molar-refractivity contribution < 1.29 is 38.1 Å². The Hall–Kier alpha value is -3.13. The quantitative estimate of drug-likeness (QED) is 0.132. The van der Waals surface area contributed by atoms with Crippen LogP contribution in [0, 0.1) is 0 Å². The first-order valence-corrected chi connectivity index (χ1v) is 9.65. The Morgan fingerprint density at radius 1 is 0.767 bits per heavy atom. The SMILES string of the molecule is C=CC(=O)OCCCCOCOc1ccc(OC(=O)CCCCOC(=O)C=C)cc1. The van der Waals surface area contributed by atoms with Crippen molar-refractivity contribution in [3.63, 3.8) is 0 Å². The minimum atomic E-state index is -0.475. The van der Waals surface area contributed by atoms with Gasteiger partial charge in [0, 0.05) is 18.6 Å². The Morgan fingerprint density at radius 3 is 1.90 bits per heavy atom. The number of carbonyl (C=O) groups is 3. The van der Waals surface area contributed by atoms with Gasteiger partial charge in [0.15, 0.2) is 6.79 Å². The summed E-state index contributed by atoms with van der Waals surface area (Å²) in [5.41, 5.74) is 0. The van der Waals surface area contributed by atoms with Crippen LogP contribution in [-0.2, 0) is 28.6 Å². The van der Waals surface area contributed by atoms with Crippen molar-refractivity contribution in [1.82, 2.24) is 0 Å². The first-order chi connectivity index (χ1) is 14.5. The molecular formula is C22H28O8. The number of ether oxygens (including phenoxy) is 5. The van der Waals surface area contributed by atoms with Crippen LogP contribution in [0.5, 0.6) is 11.5 Å². The topological polar surface area (TPSA) is 97.4 Å². The zero-order chi connectivity index (χ0) is 22.0. The molecule has 0 spiro atoms. The normalized spacial score (nSPS) is 10.0. The van der Waals surface area contributed by atoms with Crippen LogP contribution in [0.4, 0.5) is 0 Å². The van der Waals surface area contributed by atoms with E-state index in [1.165, 1.54) is 0 Å². The summed E-state index contributed by atoms with van der Waals surface area (Å²) in [6.45, 7) is 7.76. The molecule has 8 nitrogen and oxygen atoms in total. The molecule has 8 heteroatoms. The smallest absolute Gasteiger partial charge is 0.330 e. The summed E-state index contributed by atoms with van der Waals surface area (Å²) in [6, 6.07) is 6.62. The van der Waals surface area contributed by atoms with Gasteiger partial charge < -0.3 is 23.7 Å². The number of rotatable bonds is 16. The monoisotopic (exact) mass is 420 g/mol. The van der Waals surface area contributed by atoms with Gasteiger partial charge in [-0.05, 0) is 49.9 Å². The fraction of sp³-hybridized carbons (Fsp3) is 0.409. The molecule has 0 amide bonds. The predicted molar refractivity (Wildman–Crippen MR) is 109 cm³/mol. The van der Waals surface area contributed by atoms with E-state index < -0.39 is 11.9 Å². The molecule has 0 heterocycles. The van der Waals surface area contributed by atoms with Crippen LogP contribution >= 0.6 is 0 Å².